The van der Waals surface area contributed by atoms with Gasteiger partial charge < -0.3 is 15.1 Å². The van der Waals surface area contributed by atoms with Crippen LogP contribution in [0.1, 0.15) is 54.6 Å². The number of hydrogen-bond acceptors (Lipinski definition) is 3. The van der Waals surface area contributed by atoms with Gasteiger partial charge in [-0.3, -0.25) is 14.4 Å². The third kappa shape index (κ3) is 6.32. The molecule has 6 nitrogen and oxygen atoms in total. The average molecular weight is 548 g/mol. The largest absolute Gasteiger partial charge is 0.352 e. The Morgan fingerprint density at radius 1 is 0.854 bits per heavy atom. The molecule has 0 spiro atoms. The van der Waals surface area contributed by atoms with Gasteiger partial charge in [-0.2, -0.15) is 0 Å². The molecule has 210 valence electrons. The highest BCUT2D eigenvalue weighted by Gasteiger charge is 2.32. The van der Waals surface area contributed by atoms with Crippen molar-refractivity contribution in [3.8, 4) is 0 Å². The summed E-state index contributed by atoms with van der Waals surface area (Å²) < 4.78 is 0. The van der Waals surface area contributed by atoms with Crippen molar-refractivity contribution in [2.24, 2.45) is 0 Å². The van der Waals surface area contributed by atoms with Crippen molar-refractivity contribution in [3.05, 3.63) is 114 Å². The standard InChI is InChI=1S/C35H37N3O3/c1-3-25(2)36-34(40)31(23-26-13-6-4-7-14-26)38(24-27-15-8-5-9-16-27)32(39)21-12-22-37-30-20-11-18-28-17-10-19-29(33(28)30)35(37)41/h4-11,13-20,25,31H,3,12,21-24H2,1-2H3,(H,36,40)/t25-,31-/m1/s1. The fourth-order valence-corrected chi connectivity index (χ4v) is 5.51. The molecule has 3 amide bonds. The van der Waals surface area contributed by atoms with Crippen molar-refractivity contribution >= 4 is 34.2 Å². The number of hydrogen-bond donors (Lipinski definition) is 1. The fraction of sp³-hybridized carbons (Fsp3) is 0.286. The topological polar surface area (TPSA) is 69.7 Å². The van der Waals surface area contributed by atoms with Crippen molar-refractivity contribution in [3.63, 3.8) is 0 Å². The van der Waals surface area contributed by atoms with Crippen molar-refractivity contribution in [2.45, 2.75) is 58.2 Å². The number of rotatable bonds is 12. The molecule has 0 saturated heterocycles. The lowest BCUT2D eigenvalue weighted by Gasteiger charge is -2.32. The number of benzene rings is 4. The number of nitrogens with one attached hydrogen (secondary N) is 1. The van der Waals surface area contributed by atoms with Gasteiger partial charge in [0.05, 0.1) is 5.69 Å². The van der Waals surface area contributed by atoms with Gasteiger partial charge in [-0.05, 0) is 48.4 Å². The van der Waals surface area contributed by atoms with E-state index in [1.54, 1.807) is 9.80 Å². The molecule has 0 bridgehead atoms. The predicted octanol–water partition coefficient (Wildman–Crippen LogP) is 6.14. The molecule has 0 saturated carbocycles. The van der Waals surface area contributed by atoms with E-state index in [-0.39, 0.29) is 30.2 Å². The maximum Gasteiger partial charge on any atom is 0.258 e. The molecule has 2 atom stereocenters. The number of anilines is 1. The molecule has 1 aliphatic heterocycles. The van der Waals surface area contributed by atoms with Gasteiger partial charge in [0.15, 0.2) is 0 Å². The summed E-state index contributed by atoms with van der Waals surface area (Å²) >= 11 is 0. The predicted molar refractivity (Wildman–Crippen MR) is 164 cm³/mol. The van der Waals surface area contributed by atoms with Gasteiger partial charge in [-0.15, -0.1) is 0 Å². The van der Waals surface area contributed by atoms with Gasteiger partial charge in [-0.25, -0.2) is 0 Å². The lowest BCUT2D eigenvalue weighted by Crippen LogP contribution is -2.52. The number of carbonyl (C=O) groups excluding carboxylic acids is 3. The van der Waals surface area contributed by atoms with Crippen LogP contribution in [0.3, 0.4) is 0 Å². The van der Waals surface area contributed by atoms with Gasteiger partial charge >= 0.3 is 0 Å². The summed E-state index contributed by atoms with van der Waals surface area (Å²) in [5.41, 5.74) is 3.56. The third-order valence-corrected chi connectivity index (χ3v) is 7.89. The zero-order valence-electron chi connectivity index (χ0n) is 23.8. The highest BCUT2D eigenvalue weighted by atomic mass is 16.2. The monoisotopic (exact) mass is 547 g/mol. The number of nitrogens with zero attached hydrogens (tertiary/aromatic N) is 2. The van der Waals surface area contributed by atoms with Crippen LogP contribution in [0.2, 0.25) is 0 Å². The van der Waals surface area contributed by atoms with Crippen LogP contribution in [0.4, 0.5) is 5.69 Å². The lowest BCUT2D eigenvalue weighted by atomic mass is 10.0. The van der Waals surface area contributed by atoms with E-state index in [9.17, 15) is 14.4 Å². The summed E-state index contributed by atoms with van der Waals surface area (Å²) in [4.78, 5) is 44.3. The van der Waals surface area contributed by atoms with E-state index in [4.69, 9.17) is 0 Å². The number of amides is 3. The molecule has 1 heterocycles. The van der Waals surface area contributed by atoms with Gasteiger partial charge in [0, 0.05) is 42.9 Å². The number of carbonyl (C=O) groups is 3. The van der Waals surface area contributed by atoms with Gasteiger partial charge in [-0.1, -0.05) is 91.9 Å². The molecular weight excluding hydrogens is 510 g/mol. The Bertz CT molecular complexity index is 1510. The summed E-state index contributed by atoms with van der Waals surface area (Å²) in [6.07, 6.45) is 1.94. The molecule has 6 heteroatoms. The van der Waals surface area contributed by atoms with E-state index < -0.39 is 6.04 Å². The van der Waals surface area contributed by atoms with Gasteiger partial charge in [0.1, 0.15) is 6.04 Å². The van der Waals surface area contributed by atoms with E-state index in [2.05, 4.69) is 5.32 Å². The van der Waals surface area contributed by atoms with E-state index in [0.29, 0.717) is 31.5 Å². The van der Waals surface area contributed by atoms with Crippen LogP contribution in [0.5, 0.6) is 0 Å². The maximum absolute atomic E-state index is 13.9. The fourth-order valence-electron chi connectivity index (χ4n) is 5.51. The molecule has 0 fully saturated rings. The first-order valence-corrected chi connectivity index (χ1v) is 14.5. The van der Waals surface area contributed by atoms with E-state index in [1.165, 1.54) is 0 Å². The van der Waals surface area contributed by atoms with Crippen LogP contribution in [0, 0.1) is 0 Å². The summed E-state index contributed by atoms with van der Waals surface area (Å²) in [7, 11) is 0. The van der Waals surface area contributed by atoms with Crippen molar-refractivity contribution in [2.75, 3.05) is 11.4 Å². The van der Waals surface area contributed by atoms with Crippen LogP contribution in [-0.4, -0.2) is 41.2 Å². The molecule has 0 aromatic heterocycles. The first-order valence-electron chi connectivity index (χ1n) is 14.5. The van der Waals surface area contributed by atoms with Gasteiger partial charge in [0.25, 0.3) is 5.91 Å². The lowest BCUT2D eigenvalue weighted by molar-refractivity contribution is -0.141. The molecule has 4 aromatic rings. The summed E-state index contributed by atoms with van der Waals surface area (Å²) in [6, 6.07) is 30.7. The minimum absolute atomic E-state index is 0.0000271. The highest BCUT2D eigenvalue weighted by molar-refractivity contribution is 6.25. The highest BCUT2D eigenvalue weighted by Crippen LogP contribution is 2.37. The van der Waals surface area contributed by atoms with Crippen LogP contribution in [0.15, 0.2) is 97.1 Å². The van der Waals surface area contributed by atoms with Crippen LogP contribution in [-0.2, 0) is 22.6 Å². The Kier molecular flexibility index (Phi) is 8.78. The normalized spacial score (nSPS) is 13.7. The van der Waals surface area contributed by atoms with E-state index >= 15 is 0 Å². The molecule has 4 aromatic carbocycles. The Labute approximate surface area is 242 Å². The molecule has 0 unspecified atom stereocenters. The quantitative estimate of drug-likeness (QED) is 0.232. The van der Waals surface area contributed by atoms with Crippen molar-refractivity contribution in [1.29, 1.82) is 0 Å². The third-order valence-electron chi connectivity index (χ3n) is 7.89. The van der Waals surface area contributed by atoms with Crippen LogP contribution >= 0.6 is 0 Å². The Balaban J connectivity index is 1.36. The zero-order chi connectivity index (χ0) is 28.8. The molecular formula is C35H37N3O3. The molecule has 1 aliphatic rings. The molecule has 41 heavy (non-hydrogen) atoms. The second-order valence-corrected chi connectivity index (χ2v) is 10.8. The van der Waals surface area contributed by atoms with Gasteiger partial charge in [0.2, 0.25) is 11.8 Å². The molecule has 5 rings (SSSR count). The van der Waals surface area contributed by atoms with Crippen molar-refractivity contribution < 1.29 is 14.4 Å². The summed E-state index contributed by atoms with van der Waals surface area (Å²) in [5, 5.41) is 5.13. The van der Waals surface area contributed by atoms with Crippen molar-refractivity contribution in [1.82, 2.24) is 10.2 Å². The second-order valence-electron chi connectivity index (χ2n) is 10.8. The summed E-state index contributed by atoms with van der Waals surface area (Å²) in [6.45, 7) is 4.77. The zero-order valence-corrected chi connectivity index (χ0v) is 23.8. The van der Waals surface area contributed by atoms with Crippen LogP contribution in [0.25, 0.3) is 10.8 Å². The Hall–Kier alpha value is -4.45. The molecule has 1 N–H and O–H groups in total. The smallest absolute Gasteiger partial charge is 0.258 e. The summed E-state index contributed by atoms with van der Waals surface area (Å²) in [5.74, 6) is -0.277. The Morgan fingerprint density at radius 3 is 2.20 bits per heavy atom. The maximum atomic E-state index is 13.9. The second kappa shape index (κ2) is 12.8. The first-order chi connectivity index (χ1) is 20.0. The van der Waals surface area contributed by atoms with Crippen LogP contribution < -0.4 is 10.2 Å². The van der Waals surface area contributed by atoms with E-state index in [1.807, 2.05) is 111 Å². The van der Waals surface area contributed by atoms with E-state index in [0.717, 1.165) is 34.0 Å². The molecule has 0 radical (unpaired) electrons. The first kappa shape index (κ1) is 28.1. The average Bonchev–Trinajstić information content (AvgIpc) is 3.27. The molecule has 0 aliphatic carbocycles. The SMILES string of the molecule is CC[C@@H](C)NC(=O)[C@@H](Cc1ccccc1)N(Cc1ccccc1)C(=O)CCCN1C(=O)c2cccc3cccc1c23. The minimum atomic E-state index is -0.662. The Morgan fingerprint density at radius 2 is 1.51 bits per heavy atom. The minimum Gasteiger partial charge on any atom is -0.352 e.